The summed E-state index contributed by atoms with van der Waals surface area (Å²) in [5.41, 5.74) is 5.79. The zero-order valence-corrected chi connectivity index (χ0v) is 12.3. The SMILES string of the molecule is CCCC(COC)Nc1nc(N)nc(N2CCCC2)n1. The Morgan fingerprint density at radius 2 is 2.05 bits per heavy atom. The maximum atomic E-state index is 5.79. The third kappa shape index (κ3) is 3.93. The Kier molecular flexibility index (Phi) is 5.34. The summed E-state index contributed by atoms with van der Waals surface area (Å²) >= 11 is 0. The van der Waals surface area contributed by atoms with E-state index in [-0.39, 0.29) is 12.0 Å². The first-order chi connectivity index (χ1) is 9.72. The molecule has 0 bridgehead atoms. The summed E-state index contributed by atoms with van der Waals surface area (Å²) in [5.74, 6) is 1.47. The molecule has 0 aliphatic carbocycles. The third-order valence-electron chi connectivity index (χ3n) is 3.37. The highest BCUT2D eigenvalue weighted by atomic mass is 16.5. The van der Waals surface area contributed by atoms with Gasteiger partial charge in [0.1, 0.15) is 0 Å². The number of nitrogens with zero attached hydrogens (tertiary/aromatic N) is 4. The Balaban J connectivity index is 2.09. The fraction of sp³-hybridized carbons (Fsp3) is 0.769. The van der Waals surface area contributed by atoms with E-state index >= 15 is 0 Å². The van der Waals surface area contributed by atoms with E-state index in [9.17, 15) is 0 Å². The lowest BCUT2D eigenvalue weighted by atomic mass is 10.2. The van der Waals surface area contributed by atoms with Crippen molar-refractivity contribution in [1.82, 2.24) is 15.0 Å². The number of hydrogen-bond donors (Lipinski definition) is 2. The molecule has 2 heterocycles. The van der Waals surface area contributed by atoms with Gasteiger partial charge in [-0.1, -0.05) is 13.3 Å². The van der Waals surface area contributed by atoms with Gasteiger partial charge in [-0.3, -0.25) is 0 Å². The molecule has 0 aromatic carbocycles. The van der Waals surface area contributed by atoms with Crippen LogP contribution in [-0.4, -0.2) is 47.8 Å². The Hall–Kier alpha value is -1.63. The van der Waals surface area contributed by atoms with Crippen LogP contribution in [-0.2, 0) is 4.74 Å². The van der Waals surface area contributed by atoms with Gasteiger partial charge in [-0.2, -0.15) is 15.0 Å². The van der Waals surface area contributed by atoms with Crippen LogP contribution in [0.5, 0.6) is 0 Å². The normalized spacial score (nSPS) is 16.4. The van der Waals surface area contributed by atoms with E-state index in [4.69, 9.17) is 10.5 Å². The van der Waals surface area contributed by atoms with Crippen molar-refractivity contribution in [3.8, 4) is 0 Å². The number of methoxy groups -OCH3 is 1. The predicted octanol–water partition coefficient (Wildman–Crippen LogP) is 1.28. The molecule has 1 aromatic rings. The number of aromatic nitrogens is 3. The van der Waals surface area contributed by atoms with Crippen LogP contribution in [0.25, 0.3) is 0 Å². The Labute approximate surface area is 119 Å². The highest BCUT2D eigenvalue weighted by Gasteiger charge is 2.17. The number of hydrogen-bond acceptors (Lipinski definition) is 7. The van der Waals surface area contributed by atoms with Crippen molar-refractivity contribution in [1.29, 1.82) is 0 Å². The average Bonchev–Trinajstić information content (AvgIpc) is 2.92. The van der Waals surface area contributed by atoms with Crippen molar-refractivity contribution in [2.75, 3.05) is 42.8 Å². The van der Waals surface area contributed by atoms with Gasteiger partial charge in [0.15, 0.2) is 0 Å². The minimum Gasteiger partial charge on any atom is -0.383 e. The van der Waals surface area contributed by atoms with Crippen LogP contribution in [0.1, 0.15) is 32.6 Å². The number of ether oxygens (including phenoxy) is 1. The maximum absolute atomic E-state index is 5.79. The molecule has 1 aliphatic heterocycles. The number of nitrogen functional groups attached to an aromatic ring is 1. The second-order valence-corrected chi connectivity index (χ2v) is 5.10. The summed E-state index contributed by atoms with van der Waals surface area (Å²) in [7, 11) is 1.70. The van der Waals surface area contributed by atoms with E-state index in [2.05, 4.69) is 32.1 Å². The van der Waals surface area contributed by atoms with Crippen molar-refractivity contribution >= 4 is 17.8 Å². The molecule has 2 rings (SSSR count). The molecule has 7 heteroatoms. The van der Waals surface area contributed by atoms with Gasteiger partial charge in [-0.05, 0) is 19.3 Å². The number of rotatable bonds is 7. The fourth-order valence-electron chi connectivity index (χ4n) is 2.43. The van der Waals surface area contributed by atoms with Crippen LogP contribution in [0.2, 0.25) is 0 Å². The van der Waals surface area contributed by atoms with Crippen molar-refractivity contribution in [3.05, 3.63) is 0 Å². The van der Waals surface area contributed by atoms with Crippen LogP contribution in [0.15, 0.2) is 0 Å². The molecule has 7 nitrogen and oxygen atoms in total. The number of nitrogens with one attached hydrogen (secondary N) is 1. The Morgan fingerprint density at radius 1 is 1.30 bits per heavy atom. The van der Waals surface area contributed by atoms with Crippen LogP contribution >= 0.6 is 0 Å². The van der Waals surface area contributed by atoms with E-state index in [0.717, 1.165) is 25.9 Å². The summed E-state index contributed by atoms with van der Waals surface area (Å²) in [4.78, 5) is 15.0. The molecule has 0 radical (unpaired) electrons. The third-order valence-corrected chi connectivity index (χ3v) is 3.37. The minimum absolute atomic E-state index is 0.193. The lowest BCUT2D eigenvalue weighted by Gasteiger charge is -2.19. The van der Waals surface area contributed by atoms with Crippen LogP contribution in [0.3, 0.4) is 0 Å². The largest absolute Gasteiger partial charge is 0.383 e. The van der Waals surface area contributed by atoms with Crippen LogP contribution in [0.4, 0.5) is 17.8 Å². The standard InChI is InChI=1S/C13H24N6O/c1-3-6-10(9-20-2)15-12-16-11(14)17-13(18-12)19-7-4-5-8-19/h10H,3-9H2,1-2H3,(H3,14,15,16,17,18). The summed E-state index contributed by atoms with van der Waals surface area (Å²) < 4.78 is 5.21. The van der Waals surface area contributed by atoms with Gasteiger partial charge in [-0.25, -0.2) is 0 Å². The summed E-state index contributed by atoms with van der Waals surface area (Å²) in [6, 6.07) is 0.193. The molecule has 1 aliphatic rings. The highest BCUT2D eigenvalue weighted by molar-refractivity contribution is 5.42. The van der Waals surface area contributed by atoms with E-state index in [1.54, 1.807) is 7.11 Å². The average molecular weight is 280 g/mol. The van der Waals surface area contributed by atoms with Gasteiger partial charge < -0.3 is 20.7 Å². The summed E-state index contributed by atoms with van der Waals surface area (Å²) in [6.07, 6.45) is 4.42. The molecular weight excluding hydrogens is 256 g/mol. The van der Waals surface area contributed by atoms with Gasteiger partial charge >= 0.3 is 0 Å². The molecule has 20 heavy (non-hydrogen) atoms. The fourth-order valence-corrected chi connectivity index (χ4v) is 2.43. The van der Waals surface area contributed by atoms with Gasteiger partial charge in [-0.15, -0.1) is 0 Å². The van der Waals surface area contributed by atoms with Crippen molar-refractivity contribution < 1.29 is 4.74 Å². The molecule has 112 valence electrons. The quantitative estimate of drug-likeness (QED) is 0.777. The predicted molar refractivity (Wildman–Crippen MR) is 79.9 cm³/mol. The minimum atomic E-state index is 0.193. The highest BCUT2D eigenvalue weighted by Crippen LogP contribution is 2.18. The zero-order valence-electron chi connectivity index (χ0n) is 12.3. The van der Waals surface area contributed by atoms with Crippen molar-refractivity contribution in [3.63, 3.8) is 0 Å². The number of anilines is 3. The molecule has 1 atom stereocenters. The molecule has 1 saturated heterocycles. The van der Waals surface area contributed by atoms with E-state index in [1.165, 1.54) is 12.8 Å². The first-order valence-corrected chi connectivity index (χ1v) is 7.25. The number of nitrogens with two attached hydrogens (primary N) is 1. The Morgan fingerprint density at radius 3 is 2.70 bits per heavy atom. The topological polar surface area (TPSA) is 89.2 Å². The van der Waals surface area contributed by atoms with Gasteiger partial charge in [0.25, 0.3) is 0 Å². The first-order valence-electron chi connectivity index (χ1n) is 7.25. The first kappa shape index (κ1) is 14.8. The molecule has 0 spiro atoms. The molecule has 1 fully saturated rings. The molecule has 0 amide bonds. The van der Waals surface area contributed by atoms with E-state index < -0.39 is 0 Å². The van der Waals surface area contributed by atoms with Gasteiger partial charge in [0.05, 0.1) is 12.6 Å². The van der Waals surface area contributed by atoms with Crippen LogP contribution < -0.4 is 16.0 Å². The summed E-state index contributed by atoms with van der Waals surface area (Å²) in [6.45, 7) is 4.74. The monoisotopic (exact) mass is 280 g/mol. The molecule has 0 saturated carbocycles. The molecular formula is C13H24N6O. The Bertz CT molecular complexity index is 415. The van der Waals surface area contributed by atoms with Crippen molar-refractivity contribution in [2.45, 2.75) is 38.6 Å². The van der Waals surface area contributed by atoms with Crippen molar-refractivity contribution in [2.24, 2.45) is 0 Å². The lowest BCUT2D eigenvalue weighted by molar-refractivity contribution is 0.182. The maximum Gasteiger partial charge on any atom is 0.231 e. The summed E-state index contributed by atoms with van der Waals surface area (Å²) in [5, 5.41) is 3.29. The lowest BCUT2D eigenvalue weighted by Crippen LogP contribution is -2.27. The molecule has 1 unspecified atom stereocenters. The van der Waals surface area contributed by atoms with E-state index in [0.29, 0.717) is 18.5 Å². The van der Waals surface area contributed by atoms with Gasteiger partial charge in [0.2, 0.25) is 17.8 Å². The van der Waals surface area contributed by atoms with E-state index in [1.807, 2.05) is 0 Å². The molecule has 3 N–H and O–H groups in total. The second kappa shape index (κ2) is 7.23. The zero-order chi connectivity index (χ0) is 14.4. The smallest absolute Gasteiger partial charge is 0.231 e. The van der Waals surface area contributed by atoms with Crippen LogP contribution in [0, 0.1) is 0 Å². The van der Waals surface area contributed by atoms with Gasteiger partial charge in [0, 0.05) is 20.2 Å². The second-order valence-electron chi connectivity index (χ2n) is 5.10. The molecule has 1 aromatic heterocycles.